The van der Waals surface area contributed by atoms with Crippen LogP contribution in [0.2, 0.25) is 0 Å². The number of benzene rings is 1. The molecule has 0 unspecified atom stereocenters. The van der Waals surface area contributed by atoms with Gasteiger partial charge < -0.3 is 9.73 Å². The summed E-state index contributed by atoms with van der Waals surface area (Å²) in [5.74, 6) is 1.97. The van der Waals surface area contributed by atoms with E-state index in [1.54, 1.807) is 6.26 Å². The molecule has 2 heterocycles. The fourth-order valence-corrected chi connectivity index (χ4v) is 3.41. The summed E-state index contributed by atoms with van der Waals surface area (Å²) in [6, 6.07) is 9.59. The third-order valence-corrected chi connectivity index (χ3v) is 5.10. The molecule has 1 aromatic carbocycles. The largest absolute Gasteiger partial charge is 0.461 e. The van der Waals surface area contributed by atoms with E-state index >= 15 is 0 Å². The van der Waals surface area contributed by atoms with Gasteiger partial charge in [-0.05, 0) is 55.2 Å². The van der Waals surface area contributed by atoms with Crippen LogP contribution in [0.3, 0.4) is 0 Å². The highest BCUT2D eigenvalue weighted by Crippen LogP contribution is 2.25. The smallest absolute Gasteiger partial charge is 0.234 e. The summed E-state index contributed by atoms with van der Waals surface area (Å²) in [7, 11) is 0. The highest BCUT2D eigenvalue weighted by atomic mass is 32.2. The molecule has 0 aliphatic carbocycles. The van der Waals surface area contributed by atoms with E-state index in [2.05, 4.69) is 36.3 Å². The second kappa shape index (κ2) is 8.43. The van der Waals surface area contributed by atoms with Gasteiger partial charge in [0.1, 0.15) is 0 Å². The molecule has 6 nitrogen and oxygen atoms in total. The van der Waals surface area contributed by atoms with Gasteiger partial charge in [-0.2, -0.15) is 0 Å². The number of amides is 1. The third-order valence-electron chi connectivity index (χ3n) is 4.13. The minimum atomic E-state index is -0.0677. The molecule has 0 bridgehead atoms. The Bertz CT molecular complexity index is 916. The molecule has 0 aliphatic heterocycles. The number of hydrogen-bond donors (Lipinski definition) is 1. The Labute approximate surface area is 163 Å². The van der Waals surface area contributed by atoms with Crippen molar-refractivity contribution in [3.63, 3.8) is 0 Å². The Morgan fingerprint density at radius 2 is 2.04 bits per heavy atom. The van der Waals surface area contributed by atoms with Crippen LogP contribution in [0.1, 0.15) is 25.0 Å². The SMILES string of the molecule is Cc1ccc(NC(=O)CSc2nnc(-c3ccco3)n2CC(C)C)cc1C. The Morgan fingerprint density at radius 1 is 1.22 bits per heavy atom. The van der Waals surface area contributed by atoms with Crippen LogP contribution in [0.15, 0.2) is 46.2 Å². The first kappa shape index (κ1) is 19.2. The predicted octanol–water partition coefficient (Wildman–Crippen LogP) is 4.54. The molecule has 7 heteroatoms. The van der Waals surface area contributed by atoms with Gasteiger partial charge in [-0.3, -0.25) is 9.36 Å². The zero-order valence-electron chi connectivity index (χ0n) is 16.0. The zero-order chi connectivity index (χ0) is 19.4. The van der Waals surface area contributed by atoms with Gasteiger partial charge in [0.05, 0.1) is 12.0 Å². The maximum atomic E-state index is 12.3. The fourth-order valence-electron chi connectivity index (χ4n) is 2.66. The standard InChI is InChI=1S/C20H24N4O2S/c1-13(2)11-24-19(17-6-5-9-26-17)22-23-20(24)27-12-18(25)21-16-8-7-14(3)15(4)10-16/h5-10,13H,11-12H2,1-4H3,(H,21,25). The van der Waals surface area contributed by atoms with E-state index in [0.717, 1.165) is 17.8 Å². The number of nitrogens with one attached hydrogen (secondary N) is 1. The second-order valence-electron chi connectivity index (χ2n) is 6.92. The molecule has 0 radical (unpaired) electrons. The van der Waals surface area contributed by atoms with E-state index in [1.165, 1.54) is 17.3 Å². The van der Waals surface area contributed by atoms with E-state index in [9.17, 15) is 4.79 Å². The van der Waals surface area contributed by atoms with Crippen LogP contribution in [-0.2, 0) is 11.3 Å². The number of aromatic nitrogens is 3. The lowest BCUT2D eigenvalue weighted by Gasteiger charge is -2.11. The molecular formula is C20H24N4O2S. The van der Waals surface area contributed by atoms with Crippen LogP contribution in [0.4, 0.5) is 5.69 Å². The summed E-state index contributed by atoms with van der Waals surface area (Å²) in [6.45, 7) is 9.10. The highest BCUT2D eigenvalue weighted by Gasteiger charge is 2.18. The van der Waals surface area contributed by atoms with E-state index in [-0.39, 0.29) is 11.7 Å². The molecule has 0 spiro atoms. The maximum Gasteiger partial charge on any atom is 0.234 e. The number of nitrogens with zero attached hydrogens (tertiary/aromatic N) is 3. The number of carbonyl (C=O) groups excluding carboxylic acids is 1. The van der Waals surface area contributed by atoms with Crippen LogP contribution in [0, 0.1) is 19.8 Å². The molecule has 2 aromatic heterocycles. The number of thioether (sulfide) groups is 1. The predicted molar refractivity (Wildman–Crippen MR) is 108 cm³/mol. The van der Waals surface area contributed by atoms with Gasteiger partial charge >= 0.3 is 0 Å². The molecular weight excluding hydrogens is 360 g/mol. The van der Waals surface area contributed by atoms with Gasteiger partial charge in [0.15, 0.2) is 16.7 Å². The summed E-state index contributed by atoms with van der Waals surface area (Å²) < 4.78 is 7.48. The van der Waals surface area contributed by atoms with Crippen molar-refractivity contribution in [3.05, 3.63) is 47.7 Å². The molecule has 0 atom stereocenters. The quantitative estimate of drug-likeness (QED) is 0.605. The van der Waals surface area contributed by atoms with Crippen molar-refractivity contribution in [2.24, 2.45) is 5.92 Å². The molecule has 0 aliphatic rings. The van der Waals surface area contributed by atoms with Crippen molar-refractivity contribution >= 4 is 23.4 Å². The summed E-state index contributed by atoms with van der Waals surface area (Å²) in [4.78, 5) is 12.3. The average Bonchev–Trinajstić information content (AvgIpc) is 3.26. The van der Waals surface area contributed by atoms with Crippen molar-refractivity contribution < 1.29 is 9.21 Å². The van der Waals surface area contributed by atoms with Crippen LogP contribution >= 0.6 is 11.8 Å². The molecule has 0 saturated heterocycles. The Balaban J connectivity index is 1.69. The summed E-state index contributed by atoms with van der Waals surface area (Å²) in [5, 5.41) is 12.2. The summed E-state index contributed by atoms with van der Waals surface area (Å²) >= 11 is 1.38. The highest BCUT2D eigenvalue weighted by molar-refractivity contribution is 7.99. The van der Waals surface area contributed by atoms with E-state index in [1.807, 2.05) is 41.8 Å². The first-order valence-corrected chi connectivity index (χ1v) is 9.89. The number of rotatable bonds is 7. The summed E-state index contributed by atoms with van der Waals surface area (Å²) in [5.41, 5.74) is 3.17. The van der Waals surface area contributed by atoms with E-state index in [0.29, 0.717) is 22.7 Å². The van der Waals surface area contributed by atoms with Crippen molar-refractivity contribution in [2.75, 3.05) is 11.1 Å². The number of furan rings is 1. The van der Waals surface area contributed by atoms with Gasteiger partial charge in [-0.1, -0.05) is 31.7 Å². The second-order valence-corrected chi connectivity index (χ2v) is 7.87. The molecule has 27 heavy (non-hydrogen) atoms. The monoisotopic (exact) mass is 384 g/mol. The molecule has 1 amide bonds. The van der Waals surface area contributed by atoms with Gasteiger partial charge in [-0.25, -0.2) is 0 Å². The maximum absolute atomic E-state index is 12.3. The van der Waals surface area contributed by atoms with Crippen LogP contribution in [0.25, 0.3) is 11.6 Å². The van der Waals surface area contributed by atoms with Crippen LogP contribution in [-0.4, -0.2) is 26.4 Å². The first-order valence-electron chi connectivity index (χ1n) is 8.91. The number of hydrogen-bond acceptors (Lipinski definition) is 5. The molecule has 0 fully saturated rings. The summed E-state index contributed by atoms with van der Waals surface area (Å²) in [6.07, 6.45) is 1.62. The first-order chi connectivity index (χ1) is 12.9. The normalized spacial score (nSPS) is 11.1. The number of aryl methyl sites for hydroxylation is 2. The lowest BCUT2D eigenvalue weighted by Crippen LogP contribution is -2.15. The topological polar surface area (TPSA) is 73.0 Å². The molecule has 1 N–H and O–H groups in total. The van der Waals surface area contributed by atoms with Gasteiger partial charge in [0.25, 0.3) is 0 Å². The number of carbonyl (C=O) groups is 1. The Hall–Kier alpha value is -2.54. The molecule has 3 aromatic rings. The van der Waals surface area contributed by atoms with E-state index in [4.69, 9.17) is 4.42 Å². The minimum Gasteiger partial charge on any atom is -0.461 e. The van der Waals surface area contributed by atoms with Gasteiger partial charge in [0.2, 0.25) is 5.91 Å². The molecule has 142 valence electrons. The third kappa shape index (κ3) is 4.80. The van der Waals surface area contributed by atoms with Gasteiger partial charge in [-0.15, -0.1) is 10.2 Å². The molecule has 0 saturated carbocycles. The number of anilines is 1. The molecule has 3 rings (SSSR count). The average molecular weight is 385 g/mol. The zero-order valence-corrected chi connectivity index (χ0v) is 16.8. The Kier molecular flexibility index (Phi) is 6.01. The van der Waals surface area contributed by atoms with E-state index < -0.39 is 0 Å². The lowest BCUT2D eigenvalue weighted by atomic mass is 10.1. The minimum absolute atomic E-state index is 0.0677. The van der Waals surface area contributed by atoms with Crippen LogP contribution in [0.5, 0.6) is 0 Å². The van der Waals surface area contributed by atoms with Crippen molar-refractivity contribution in [3.8, 4) is 11.6 Å². The van der Waals surface area contributed by atoms with Crippen LogP contribution < -0.4 is 5.32 Å². The van der Waals surface area contributed by atoms with Crippen molar-refractivity contribution in [1.29, 1.82) is 0 Å². The fraction of sp³-hybridized carbons (Fsp3) is 0.350. The lowest BCUT2D eigenvalue weighted by molar-refractivity contribution is -0.113. The van der Waals surface area contributed by atoms with Crippen molar-refractivity contribution in [1.82, 2.24) is 14.8 Å². The van der Waals surface area contributed by atoms with Crippen molar-refractivity contribution in [2.45, 2.75) is 39.4 Å². The Morgan fingerprint density at radius 3 is 2.70 bits per heavy atom. The van der Waals surface area contributed by atoms with Gasteiger partial charge in [0, 0.05) is 12.2 Å².